The smallest absolute Gasteiger partial charge is 0.112 e. The van der Waals surface area contributed by atoms with Crippen LogP contribution in [0.3, 0.4) is 0 Å². The van der Waals surface area contributed by atoms with Gasteiger partial charge in [-0.3, -0.25) is 0 Å². The molecule has 0 spiro atoms. The molecule has 0 aromatic rings. The zero-order valence-corrected chi connectivity index (χ0v) is 7.71. The van der Waals surface area contributed by atoms with Crippen molar-refractivity contribution in [3.05, 3.63) is 0 Å². The molecule has 2 bridgehead atoms. The molecule has 0 saturated heterocycles. The summed E-state index contributed by atoms with van der Waals surface area (Å²) in [5.41, 5.74) is 0.125. The van der Waals surface area contributed by atoms with Crippen LogP contribution in [-0.4, -0.2) is 5.67 Å². The Morgan fingerprint density at radius 3 is 1.91 bits per heavy atom. The highest BCUT2D eigenvalue weighted by Crippen LogP contribution is 2.72. The van der Waals surface area contributed by atoms with Gasteiger partial charge in [0.15, 0.2) is 0 Å². The van der Waals surface area contributed by atoms with E-state index in [1.807, 2.05) is 0 Å². The summed E-state index contributed by atoms with van der Waals surface area (Å²) in [5, 5.41) is 0. The topological polar surface area (TPSA) is 0 Å². The van der Waals surface area contributed by atoms with E-state index in [-0.39, 0.29) is 0 Å². The lowest BCUT2D eigenvalue weighted by atomic mass is 9.39. The average molecular weight is 156 g/mol. The molecule has 0 heterocycles. The number of hydrogen-bond donors (Lipinski definition) is 0. The lowest BCUT2D eigenvalue weighted by Crippen LogP contribution is -2.65. The predicted octanol–water partition coefficient (Wildman–Crippen LogP) is 3.31. The van der Waals surface area contributed by atoms with Crippen molar-refractivity contribution in [1.82, 2.24) is 0 Å². The third kappa shape index (κ3) is 1.09. The lowest BCUT2D eigenvalue weighted by molar-refractivity contribution is -0.226. The maximum atomic E-state index is 13.1. The van der Waals surface area contributed by atoms with E-state index in [4.69, 9.17) is 0 Å². The second-order valence-corrected chi connectivity index (χ2v) is 5.92. The number of hydrogen-bond acceptors (Lipinski definition) is 0. The summed E-state index contributed by atoms with van der Waals surface area (Å²) >= 11 is 0. The summed E-state index contributed by atoms with van der Waals surface area (Å²) in [6, 6.07) is 0. The van der Waals surface area contributed by atoms with Gasteiger partial charge in [-0.25, -0.2) is 4.39 Å². The van der Waals surface area contributed by atoms with E-state index >= 15 is 0 Å². The minimum absolute atomic E-state index is 0.391. The third-order valence-corrected chi connectivity index (χ3v) is 2.98. The third-order valence-electron chi connectivity index (χ3n) is 2.98. The van der Waals surface area contributed by atoms with Crippen LogP contribution >= 0.6 is 0 Å². The fraction of sp³-hybridized carbons (Fsp3) is 1.00. The minimum atomic E-state index is -0.703. The molecule has 3 aliphatic rings. The Hall–Kier alpha value is -0.0700. The van der Waals surface area contributed by atoms with Crippen LogP contribution in [-0.2, 0) is 0 Å². The van der Waals surface area contributed by atoms with Crippen molar-refractivity contribution in [2.45, 2.75) is 52.1 Å². The van der Waals surface area contributed by atoms with E-state index in [0.717, 1.165) is 19.3 Å². The molecule has 64 valence electrons. The normalized spacial score (nSPS) is 48.0. The van der Waals surface area contributed by atoms with Crippen molar-refractivity contribution in [3.63, 3.8) is 0 Å². The van der Waals surface area contributed by atoms with Gasteiger partial charge in [0, 0.05) is 0 Å². The standard InChI is InChI=1S/C10H17F/c1-8(2,3)4-9-5-10(11,6-9)7-9/h4-7H2,1-3H3. The predicted molar refractivity (Wildman–Crippen MR) is 44.2 cm³/mol. The summed E-state index contributed by atoms with van der Waals surface area (Å²) in [7, 11) is 0. The van der Waals surface area contributed by atoms with Crippen molar-refractivity contribution < 1.29 is 4.39 Å². The molecule has 0 aromatic heterocycles. The molecule has 0 aliphatic heterocycles. The van der Waals surface area contributed by atoms with Crippen LogP contribution < -0.4 is 0 Å². The minimum Gasteiger partial charge on any atom is -0.244 e. The maximum absolute atomic E-state index is 13.1. The van der Waals surface area contributed by atoms with Gasteiger partial charge in [0.05, 0.1) is 0 Å². The number of halogens is 1. The van der Waals surface area contributed by atoms with Gasteiger partial charge in [-0.1, -0.05) is 20.8 Å². The Balaban J connectivity index is 1.91. The SMILES string of the molecule is CC(C)(C)CC12CC(F)(C1)C2. The molecule has 0 radical (unpaired) electrons. The van der Waals surface area contributed by atoms with Crippen LogP contribution in [0.25, 0.3) is 0 Å². The van der Waals surface area contributed by atoms with Crippen LogP contribution in [0.2, 0.25) is 0 Å². The van der Waals surface area contributed by atoms with Crippen LogP contribution in [0.5, 0.6) is 0 Å². The van der Waals surface area contributed by atoms with Crippen molar-refractivity contribution >= 4 is 0 Å². The first-order valence-corrected chi connectivity index (χ1v) is 4.52. The first-order valence-electron chi connectivity index (χ1n) is 4.52. The molecule has 11 heavy (non-hydrogen) atoms. The highest BCUT2D eigenvalue weighted by molar-refractivity contribution is 5.19. The molecule has 3 rings (SSSR count). The van der Waals surface area contributed by atoms with Gasteiger partial charge >= 0.3 is 0 Å². The highest BCUT2D eigenvalue weighted by Gasteiger charge is 2.69. The molecule has 1 heteroatoms. The van der Waals surface area contributed by atoms with Gasteiger partial charge in [0.1, 0.15) is 5.67 Å². The van der Waals surface area contributed by atoms with Gasteiger partial charge in [-0.05, 0) is 36.5 Å². The number of alkyl halides is 1. The van der Waals surface area contributed by atoms with E-state index in [1.165, 1.54) is 6.42 Å². The van der Waals surface area contributed by atoms with Crippen LogP contribution in [0.15, 0.2) is 0 Å². The van der Waals surface area contributed by atoms with Gasteiger partial charge in [0.2, 0.25) is 0 Å². The molecule has 0 N–H and O–H groups in total. The fourth-order valence-corrected chi connectivity index (χ4v) is 3.17. The largest absolute Gasteiger partial charge is 0.244 e. The van der Waals surface area contributed by atoms with E-state index in [1.54, 1.807) is 0 Å². The van der Waals surface area contributed by atoms with Crippen molar-refractivity contribution in [1.29, 1.82) is 0 Å². The summed E-state index contributed by atoms with van der Waals surface area (Å²) < 4.78 is 13.1. The van der Waals surface area contributed by atoms with Crippen LogP contribution in [0, 0.1) is 10.8 Å². The van der Waals surface area contributed by atoms with Gasteiger partial charge in [-0.15, -0.1) is 0 Å². The zero-order chi connectivity index (χ0) is 8.33. The molecule has 3 fully saturated rings. The molecule has 0 nitrogen and oxygen atoms in total. The van der Waals surface area contributed by atoms with Gasteiger partial charge in [0.25, 0.3) is 0 Å². The molecule has 0 aromatic carbocycles. The van der Waals surface area contributed by atoms with Gasteiger partial charge in [-0.2, -0.15) is 0 Å². The van der Waals surface area contributed by atoms with E-state index in [0.29, 0.717) is 10.8 Å². The van der Waals surface area contributed by atoms with Gasteiger partial charge < -0.3 is 0 Å². The molecule has 0 atom stereocenters. The molecule has 3 saturated carbocycles. The monoisotopic (exact) mass is 156 g/mol. The van der Waals surface area contributed by atoms with Crippen molar-refractivity contribution in [2.75, 3.05) is 0 Å². The zero-order valence-electron chi connectivity index (χ0n) is 7.71. The lowest BCUT2D eigenvalue weighted by Gasteiger charge is -2.67. The van der Waals surface area contributed by atoms with E-state index in [9.17, 15) is 4.39 Å². The van der Waals surface area contributed by atoms with Crippen molar-refractivity contribution in [3.8, 4) is 0 Å². The molecular formula is C10H17F. The maximum Gasteiger partial charge on any atom is 0.112 e. The summed E-state index contributed by atoms with van der Waals surface area (Å²) in [5.74, 6) is 0. The first-order chi connectivity index (χ1) is 4.83. The Kier molecular flexibility index (Phi) is 1.13. The second-order valence-electron chi connectivity index (χ2n) is 5.92. The summed E-state index contributed by atoms with van der Waals surface area (Å²) in [6.07, 6.45) is 3.79. The fourth-order valence-electron chi connectivity index (χ4n) is 3.17. The van der Waals surface area contributed by atoms with E-state index < -0.39 is 5.67 Å². The molecule has 0 amide bonds. The second kappa shape index (κ2) is 1.65. The number of rotatable bonds is 1. The Labute approximate surface area is 68.2 Å². The Morgan fingerprint density at radius 1 is 1.18 bits per heavy atom. The van der Waals surface area contributed by atoms with Crippen molar-refractivity contribution in [2.24, 2.45) is 10.8 Å². The molecular weight excluding hydrogens is 139 g/mol. The van der Waals surface area contributed by atoms with E-state index in [2.05, 4.69) is 20.8 Å². The van der Waals surface area contributed by atoms with Crippen LogP contribution in [0.4, 0.5) is 4.39 Å². The average Bonchev–Trinajstić information content (AvgIpc) is 1.53. The van der Waals surface area contributed by atoms with Crippen LogP contribution in [0.1, 0.15) is 46.5 Å². The summed E-state index contributed by atoms with van der Waals surface area (Å²) in [6.45, 7) is 6.74. The first kappa shape index (κ1) is 7.57. The molecule has 3 aliphatic carbocycles. The Bertz CT molecular complexity index is 168. The molecule has 0 unspecified atom stereocenters. The highest BCUT2D eigenvalue weighted by atomic mass is 19.1. The summed E-state index contributed by atoms with van der Waals surface area (Å²) in [4.78, 5) is 0. The quantitative estimate of drug-likeness (QED) is 0.546. The Morgan fingerprint density at radius 2 is 1.64 bits per heavy atom.